The van der Waals surface area contributed by atoms with E-state index < -0.39 is 78.6 Å². The molecule has 23 heteroatoms. The molecule has 2 aliphatic rings. The number of benzene rings is 1. The van der Waals surface area contributed by atoms with E-state index in [1.54, 1.807) is 12.1 Å². The molecule has 5 rings (SSSR count). The van der Waals surface area contributed by atoms with E-state index in [9.17, 15) is 43.8 Å². The van der Waals surface area contributed by atoms with E-state index in [2.05, 4.69) is 10.6 Å². The van der Waals surface area contributed by atoms with Gasteiger partial charge in [-0.2, -0.15) is 0 Å². The number of aryl methyl sites for hydroxylation is 1. The number of carboxylic acids is 2. The van der Waals surface area contributed by atoms with Crippen LogP contribution in [-0.2, 0) is 46.4 Å². The van der Waals surface area contributed by atoms with Gasteiger partial charge >= 0.3 is 24.0 Å². The number of nitrogens with one attached hydrogen (secondary N) is 2. The summed E-state index contributed by atoms with van der Waals surface area (Å²) in [6.07, 6.45) is 1.30. The maximum absolute atomic E-state index is 13.6. The zero-order valence-electron chi connectivity index (χ0n) is 38.2. The fourth-order valence-corrected chi connectivity index (χ4v) is 9.29. The number of carbonyl (C=O) groups is 6. The van der Waals surface area contributed by atoms with Crippen LogP contribution in [-0.4, -0.2) is 132 Å². The molecule has 1 heterocycles. The van der Waals surface area contributed by atoms with E-state index in [1.807, 2.05) is 6.07 Å². The number of nitrogens with two attached hydrogens (primary N) is 1. The van der Waals surface area contributed by atoms with Crippen molar-refractivity contribution in [1.29, 1.82) is 0 Å². The van der Waals surface area contributed by atoms with Crippen LogP contribution in [0.5, 0.6) is 34.8 Å². The van der Waals surface area contributed by atoms with Gasteiger partial charge in [0.1, 0.15) is 18.6 Å². The number of hydrogen-bond acceptors (Lipinski definition) is 17. The number of rotatable bonds is 21. The number of amides is 3. The summed E-state index contributed by atoms with van der Waals surface area (Å²) in [6, 6.07) is 4.53. The van der Waals surface area contributed by atoms with Crippen molar-refractivity contribution in [2.45, 2.75) is 80.9 Å². The Morgan fingerprint density at radius 1 is 0.897 bits per heavy atom. The summed E-state index contributed by atoms with van der Waals surface area (Å²) in [5.41, 5.74) is 7.63. The van der Waals surface area contributed by atoms with Crippen LogP contribution in [0.3, 0.4) is 0 Å². The van der Waals surface area contributed by atoms with Crippen molar-refractivity contribution in [2.75, 3.05) is 54.6 Å². The van der Waals surface area contributed by atoms with E-state index >= 15 is 0 Å². The molecule has 3 amide bonds. The third kappa shape index (κ3) is 12.6. The first-order valence-corrected chi connectivity index (χ1v) is 22.5. The predicted molar refractivity (Wildman–Crippen MR) is 242 cm³/mol. The molecule has 8 N–H and O–H groups in total. The smallest absolute Gasteiger partial charge is 0.412 e. The largest absolute Gasteiger partial charge is 0.494 e. The predicted octanol–water partition coefficient (Wildman–Crippen LogP) is 2.99. The average Bonchev–Trinajstić information content (AvgIpc) is 3.41. The highest BCUT2D eigenvalue weighted by Gasteiger charge is 2.34. The molecule has 2 aromatic carbocycles. The van der Waals surface area contributed by atoms with Crippen molar-refractivity contribution in [1.82, 2.24) is 20.1 Å². The number of methoxy groups -OCH3 is 4. The number of nitrogens with zero attached hydrogens (tertiary/aromatic N) is 2. The van der Waals surface area contributed by atoms with Gasteiger partial charge in [0.05, 0.1) is 45.3 Å². The first-order valence-electron chi connectivity index (χ1n) is 21.5. The summed E-state index contributed by atoms with van der Waals surface area (Å²) in [4.78, 5) is 88.9. The quantitative estimate of drug-likeness (QED) is 0.0458. The number of aromatic hydroxyl groups is 2. The molecule has 3 atom stereocenters. The standard InChI is InChI=1S/C45H57N5O17S/c1-49(30-13-10-25-16-33(63-3)39(64-4)40(65-5)38(25)26-11-14-32(62-2)31(51)17-27(26)30)45(61)67-22-66-44(60)24-8-6-23(7-9-24)20-50-36(53)18-34(42(50)57)68-21-29(41(56)47-19-37(54)55)48-35(52)15-12-28(46)43(58)59/h11,14,16-18,23-24,28-30,53,57H,6-10,12-13,15,19-22,46H2,1-5H3,(H,47,56)(H,48,52)(H,54,55)(H,58,59)/t23?,24?,28-,29-,30?/m0/s1. The van der Waals surface area contributed by atoms with Crippen molar-refractivity contribution >= 4 is 47.6 Å². The lowest BCUT2D eigenvalue weighted by Crippen LogP contribution is -2.49. The van der Waals surface area contributed by atoms with Gasteiger partial charge in [-0.05, 0) is 85.8 Å². The number of hydrogen-bond donors (Lipinski definition) is 7. The Bertz CT molecular complexity index is 2420. The second-order valence-electron chi connectivity index (χ2n) is 16.2. The second-order valence-corrected chi connectivity index (χ2v) is 17.2. The van der Waals surface area contributed by atoms with Gasteiger partial charge in [-0.3, -0.25) is 33.3 Å². The van der Waals surface area contributed by atoms with E-state index in [1.165, 1.54) is 57.1 Å². The van der Waals surface area contributed by atoms with E-state index in [0.29, 0.717) is 72.5 Å². The molecule has 3 aromatic rings. The molecule has 1 saturated carbocycles. The summed E-state index contributed by atoms with van der Waals surface area (Å²) in [7, 11) is 7.41. The topological polar surface area (TPSA) is 314 Å². The summed E-state index contributed by atoms with van der Waals surface area (Å²) in [5.74, 6) is -4.86. The number of esters is 1. The summed E-state index contributed by atoms with van der Waals surface area (Å²) >= 11 is 0.907. The first-order chi connectivity index (χ1) is 32.4. The fraction of sp³-hybridized carbons (Fsp3) is 0.489. The number of aliphatic carboxylic acids is 2. The monoisotopic (exact) mass is 971 g/mol. The first kappa shape index (κ1) is 52.1. The minimum Gasteiger partial charge on any atom is -0.494 e. The maximum atomic E-state index is 13.6. The van der Waals surface area contributed by atoms with Gasteiger partial charge in [0, 0.05) is 37.4 Å². The van der Waals surface area contributed by atoms with Crippen molar-refractivity contribution in [3.05, 3.63) is 51.7 Å². The lowest BCUT2D eigenvalue weighted by molar-refractivity contribution is -0.159. The van der Waals surface area contributed by atoms with Crippen molar-refractivity contribution < 1.29 is 77.6 Å². The lowest BCUT2D eigenvalue weighted by Gasteiger charge is -2.29. The van der Waals surface area contributed by atoms with Gasteiger partial charge in [-0.15, -0.1) is 11.8 Å². The van der Waals surface area contributed by atoms with E-state index in [0.717, 1.165) is 17.3 Å². The molecule has 1 unspecified atom stereocenters. The Morgan fingerprint density at radius 3 is 2.22 bits per heavy atom. The molecule has 0 saturated heterocycles. The molecule has 2 aliphatic carbocycles. The third-order valence-corrected chi connectivity index (χ3v) is 13.0. The van der Waals surface area contributed by atoms with Crippen molar-refractivity contribution in [2.24, 2.45) is 17.6 Å². The lowest BCUT2D eigenvalue weighted by atomic mass is 9.82. The van der Waals surface area contributed by atoms with Crippen molar-refractivity contribution in [3.8, 4) is 45.9 Å². The highest BCUT2D eigenvalue weighted by atomic mass is 32.2. The number of thioether (sulfide) groups is 1. The van der Waals surface area contributed by atoms with Crippen LogP contribution in [0.15, 0.2) is 40.0 Å². The zero-order chi connectivity index (χ0) is 49.8. The summed E-state index contributed by atoms with van der Waals surface area (Å²) < 4.78 is 34.5. The molecule has 0 radical (unpaired) electrons. The van der Waals surface area contributed by atoms with Crippen LogP contribution < -0.4 is 40.7 Å². The molecular formula is C45H57N5O17S. The normalized spacial score (nSPS) is 17.1. The summed E-state index contributed by atoms with van der Waals surface area (Å²) in [6.45, 7) is -1.22. The fourth-order valence-electron chi connectivity index (χ4n) is 8.28. The minimum atomic E-state index is -1.33. The Kier molecular flexibility index (Phi) is 18.2. The van der Waals surface area contributed by atoms with E-state index in [4.69, 9.17) is 44.4 Å². The van der Waals surface area contributed by atoms with Gasteiger partial charge in [0.2, 0.25) is 35.7 Å². The molecule has 1 aromatic heterocycles. The van der Waals surface area contributed by atoms with Crippen LogP contribution in [0.25, 0.3) is 11.1 Å². The molecule has 68 heavy (non-hydrogen) atoms. The Labute approximate surface area is 394 Å². The number of ether oxygens (including phenoxy) is 6. The molecule has 1 fully saturated rings. The number of aromatic nitrogens is 1. The second kappa shape index (κ2) is 23.7. The Morgan fingerprint density at radius 2 is 1.59 bits per heavy atom. The van der Waals surface area contributed by atoms with Crippen LogP contribution in [0.2, 0.25) is 0 Å². The minimum absolute atomic E-state index is 0.0780. The van der Waals surface area contributed by atoms with Gasteiger partial charge in [0.25, 0.3) is 0 Å². The highest BCUT2D eigenvalue weighted by molar-refractivity contribution is 7.99. The number of fused-ring (bicyclic) bond motifs is 3. The van der Waals surface area contributed by atoms with Gasteiger partial charge in [-0.25, -0.2) is 4.79 Å². The van der Waals surface area contributed by atoms with Gasteiger partial charge in [0.15, 0.2) is 23.1 Å². The average molecular weight is 972 g/mol. The van der Waals surface area contributed by atoms with E-state index in [-0.39, 0.29) is 53.5 Å². The molecule has 370 valence electrons. The maximum Gasteiger partial charge on any atom is 0.412 e. The van der Waals surface area contributed by atoms with Crippen molar-refractivity contribution in [3.63, 3.8) is 0 Å². The molecule has 22 nitrogen and oxygen atoms in total. The number of carbonyl (C=O) groups excluding carboxylic acids is 4. The highest BCUT2D eigenvalue weighted by Crippen LogP contribution is 2.51. The van der Waals surface area contributed by atoms with Crippen LogP contribution in [0.4, 0.5) is 4.79 Å². The Balaban J connectivity index is 1.16. The molecule has 0 spiro atoms. The zero-order valence-corrected chi connectivity index (χ0v) is 39.1. The molecule has 0 aliphatic heterocycles. The number of carboxylic acid groups (broad SMARTS) is 2. The Hall–Kier alpha value is -6.88. The third-order valence-electron chi connectivity index (χ3n) is 11.9. The summed E-state index contributed by atoms with van der Waals surface area (Å²) in [5, 5.41) is 44.4. The molecular weight excluding hydrogens is 915 g/mol. The van der Waals surface area contributed by atoms with Gasteiger partial charge < -0.3 is 70.1 Å². The SMILES string of the molecule is COc1cc2c(c(OC)c1OC)-c1ccc(OC)c(=O)cc1C(N(C)C(=O)OCOC(=O)C1CCC(Cn3c(O)cc(SC[C@H](NC(=O)CC[C@H](N)C(=O)O)C(=O)NCC(=O)O)c3O)CC1)CC2. The van der Waals surface area contributed by atoms with Crippen LogP contribution in [0, 0.1) is 11.8 Å². The van der Waals surface area contributed by atoms with Crippen LogP contribution in [0.1, 0.15) is 62.1 Å². The molecule has 0 bridgehead atoms. The van der Waals surface area contributed by atoms with Gasteiger partial charge in [-0.1, -0.05) is 6.07 Å². The van der Waals surface area contributed by atoms with Crippen LogP contribution >= 0.6 is 11.8 Å².